The van der Waals surface area contributed by atoms with Crippen LogP contribution in [0.25, 0.3) is 11.4 Å². The molecule has 8 nitrogen and oxygen atoms in total. The molecule has 25 heavy (non-hydrogen) atoms. The highest BCUT2D eigenvalue weighted by atomic mass is 32.2. The molecule has 0 fully saturated rings. The first-order valence-electron chi connectivity index (χ1n) is 7.58. The summed E-state index contributed by atoms with van der Waals surface area (Å²) in [5, 5.41) is 17.3. The number of carbonyl (C=O) groups excluding carboxylic acids is 1. The largest absolute Gasteiger partial charge is 0.497 e. The number of methoxy groups -OCH3 is 1. The van der Waals surface area contributed by atoms with Crippen molar-refractivity contribution in [3.05, 3.63) is 35.7 Å². The van der Waals surface area contributed by atoms with Crippen molar-refractivity contribution in [1.29, 1.82) is 0 Å². The van der Waals surface area contributed by atoms with Crippen molar-refractivity contribution in [2.75, 3.05) is 18.2 Å². The van der Waals surface area contributed by atoms with Gasteiger partial charge < -0.3 is 10.1 Å². The molecule has 0 spiro atoms. The number of H-pyrrole nitrogens is 2. The summed E-state index contributed by atoms with van der Waals surface area (Å²) in [6.45, 7) is 3.70. The highest BCUT2D eigenvalue weighted by molar-refractivity contribution is 7.99. The Bertz CT molecular complexity index is 852. The number of hydrogen-bond donors (Lipinski definition) is 3. The van der Waals surface area contributed by atoms with Crippen LogP contribution in [-0.4, -0.2) is 44.1 Å². The Morgan fingerprint density at radius 2 is 1.96 bits per heavy atom. The lowest BCUT2D eigenvalue weighted by atomic mass is 10.2. The molecule has 0 saturated carbocycles. The first-order chi connectivity index (χ1) is 12.1. The molecule has 3 N–H and O–H groups in total. The molecule has 0 bridgehead atoms. The number of rotatable bonds is 6. The maximum Gasteiger partial charge on any atom is 0.234 e. The lowest BCUT2D eigenvalue weighted by Crippen LogP contribution is -2.15. The fourth-order valence-electron chi connectivity index (χ4n) is 2.23. The number of aromatic nitrogens is 5. The number of nitrogens with one attached hydrogen (secondary N) is 3. The molecule has 0 atom stereocenters. The standard InChI is InChI=1S/C16H18N6O2S/c1-9-14(10(2)20-19-9)17-13(23)8-25-16-18-15(21-22-16)11-4-6-12(24-3)7-5-11/h4-7H,8H2,1-3H3,(H,17,23)(H,19,20)(H,18,21,22). The molecular weight excluding hydrogens is 340 g/mol. The summed E-state index contributed by atoms with van der Waals surface area (Å²) in [5.41, 5.74) is 3.21. The zero-order valence-electron chi connectivity index (χ0n) is 14.1. The van der Waals surface area contributed by atoms with Gasteiger partial charge in [0.05, 0.1) is 29.9 Å². The van der Waals surface area contributed by atoms with Gasteiger partial charge in [0.1, 0.15) is 5.75 Å². The maximum atomic E-state index is 12.1. The number of aromatic amines is 2. The average Bonchev–Trinajstić information content (AvgIpc) is 3.22. The quantitative estimate of drug-likeness (QED) is 0.584. The Morgan fingerprint density at radius 1 is 1.20 bits per heavy atom. The Balaban J connectivity index is 1.58. The third kappa shape index (κ3) is 4.00. The molecule has 0 unspecified atom stereocenters. The zero-order valence-corrected chi connectivity index (χ0v) is 14.9. The second-order valence-corrected chi connectivity index (χ2v) is 6.28. The average molecular weight is 358 g/mol. The second-order valence-electron chi connectivity index (χ2n) is 5.34. The third-order valence-electron chi connectivity index (χ3n) is 3.55. The van der Waals surface area contributed by atoms with E-state index in [1.54, 1.807) is 7.11 Å². The smallest absolute Gasteiger partial charge is 0.234 e. The van der Waals surface area contributed by atoms with Crippen LogP contribution in [0.4, 0.5) is 5.69 Å². The number of aryl methyl sites for hydroxylation is 2. The molecule has 9 heteroatoms. The van der Waals surface area contributed by atoms with Gasteiger partial charge in [-0.2, -0.15) is 5.10 Å². The zero-order chi connectivity index (χ0) is 17.8. The second kappa shape index (κ2) is 7.39. The van der Waals surface area contributed by atoms with E-state index in [9.17, 15) is 4.79 Å². The predicted molar refractivity (Wildman–Crippen MR) is 95.8 cm³/mol. The number of ether oxygens (including phenoxy) is 1. The SMILES string of the molecule is COc1ccc(-c2nc(SCC(=O)Nc3c(C)n[nH]c3C)n[nH]2)cc1. The van der Waals surface area contributed by atoms with Gasteiger partial charge in [-0.25, -0.2) is 4.98 Å². The monoisotopic (exact) mass is 358 g/mol. The Hall–Kier alpha value is -2.81. The lowest BCUT2D eigenvalue weighted by molar-refractivity contribution is -0.113. The first-order valence-corrected chi connectivity index (χ1v) is 8.56. The Labute approximate surface area is 148 Å². The van der Waals surface area contributed by atoms with E-state index in [1.165, 1.54) is 11.8 Å². The molecular formula is C16H18N6O2S. The molecule has 1 amide bonds. The van der Waals surface area contributed by atoms with Gasteiger partial charge in [0.2, 0.25) is 11.1 Å². The van der Waals surface area contributed by atoms with Crippen molar-refractivity contribution in [3.8, 4) is 17.1 Å². The number of benzene rings is 1. The summed E-state index contributed by atoms with van der Waals surface area (Å²) in [7, 11) is 1.62. The summed E-state index contributed by atoms with van der Waals surface area (Å²) >= 11 is 1.26. The minimum Gasteiger partial charge on any atom is -0.497 e. The fraction of sp³-hybridized carbons (Fsp3) is 0.250. The van der Waals surface area contributed by atoms with E-state index in [0.29, 0.717) is 11.0 Å². The molecule has 1 aromatic carbocycles. The van der Waals surface area contributed by atoms with Crippen LogP contribution in [0, 0.1) is 13.8 Å². The van der Waals surface area contributed by atoms with Crippen LogP contribution in [0.5, 0.6) is 5.75 Å². The van der Waals surface area contributed by atoms with E-state index in [-0.39, 0.29) is 11.7 Å². The van der Waals surface area contributed by atoms with Crippen LogP contribution >= 0.6 is 11.8 Å². The molecule has 0 saturated heterocycles. The minimum absolute atomic E-state index is 0.131. The van der Waals surface area contributed by atoms with Gasteiger partial charge in [-0.1, -0.05) is 11.8 Å². The van der Waals surface area contributed by atoms with Crippen molar-refractivity contribution in [2.24, 2.45) is 0 Å². The van der Waals surface area contributed by atoms with Crippen molar-refractivity contribution in [1.82, 2.24) is 25.4 Å². The van der Waals surface area contributed by atoms with Crippen molar-refractivity contribution in [2.45, 2.75) is 19.0 Å². The molecule has 3 aromatic rings. The number of nitrogens with zero attached hydrogens (tertiary/aromatic N) is 3. The van der Waals surface area contributed by atoms with Crippen molar-refractivity contribution < 1.29 is 9.53 Å². The topological polar surface area (TPSA) is 109 Å². The predicted octanol–water partition coefficient (Wildman–Crippen LogP) is 2.55. The molecule has 130 valence electrons. The van der Waals surface area contributed by atoms with E-state index in [4.69, 9.17) is 4.74 Å². The normalized spacial score (nSPS) is 10.7. The Kier molecular flexibility index (Phi) is 5.03. The van der Waals surface area contributed by atoms with Crippen LogP contribution in [0.1, 0.15) is 11.4 Å². The van der Waals surface area contributed by atoms with Crippen LogP contribution in [0.15, 0.2) is 29.4 Å². The maximum absolute atomic E-state index is 12.1. The van der Waals surface area contributed by atoms with Crippen LogP contribution in [0.2, 0.25) is 0 Å². The number of anilines is 1. The molecule has 3 rings (SSSR count). The highest BCUT2D eigenvalue weighted by Crippen LogP contribution is 2.22. The molecule has 0 aliphatic carbocycles. The van der Waals surface area contributed by atoms with Crippen LogP contribution in [-0.2, 0) is 4.79 Å². The van der Waals surface area contributed by atoms with E-state index < -0.39 is 0 Å². The number of amides is 1. The lowest BCUT2D eigenvalue weighted by Gasteiger charge is -2.03. The van der Waals surface area contributed by atoms with Crippen molar-refractivity contribution in [3.63, 3.8) is 0 Å². The summed E-state index contributed by atoms with van der Waals surface area (Å²) in [5.74, 6) is 1.50. The van der Waals surface area contributed by atoms with E-state index in [0.717, 1.165) is 28.4 Å². The summed E-state index contributed by atoms with van der Waals surface area (Å²) in [4.78, 5) is 16.5. The molecule has 0 radical (unpaired) electrons. The highest BCUT2D eigenvalue weighted by Gasteiger charge is 2.12. The number of carbonyl (C=O) groups is 1. The number of thioether (sulfide) groups is 1. The van der Waals surface area contributed by atoms with Gasteiger partial charge in [-0.3, -0.25) is 15.0 Å². The molecule has 2 aromatic heterocycles. The fourth-order valence-corrected chi connectivity index (χ4v) is 2.83. The molecule has 0 aliphatic heterocycles. The van der Waals surface area contributed by atoms with Gasteiger partial charge in [0.25, 0.3) is 0 Å². The molecule has 0 aliphatic rings. The van der Waals surface area contributed by atoms with E-state index in [1.807, 2.05) is 38.1 Å². The molecule has 2 heterocycles. The summed E-state index contributed by atoms with van der Waals surface area (Å²) in [6, 6.07) is 7.50. The van der Waals surface area contributed by atoms with E-state index in [2.05, 4.69) is 30.7 Å². The van der Waals surface area contributed by atoms with Gasteiger partial charge in [0, 0.05) is 5.56 Å². The van der Waals surface area contributed by atoms with Crippen LogP contribution < -0.4 is 10.1 Å². The number of hydrogen-bond acceptors (Lipinski definition) is 6. The van der Waals surface area contributed by atoms with Gasteiger partial charge in [-0.05, 0) is 38.1 Å². The van der Waals surface area contributed by atoms with Gasteiger partial charge in [-0.15, -0.1) is 5.10 Å². The van der Waals surface area contributed by atoms with E-state index >= 15 is 0 Å². The van der Waals surface area contributed by atoms with Crippen molar-refractivity contribution >= 4 is 23.4 Å². The van der Waals surface area contributed by atoms with Gasteiger partial charge in [0.15, 0.2) is 5.82 Å². The minimum atomic E-state index is -0.131. The van der Waals surface area contributed by atoms with Gasteiger partial charge >= 0.3 is 0 Å². The van der Waals surface area contributed by atoms with Crippen LogP contribution in [0.3, 0.4) is 0 Å². The summed E-state index contributed by atoms with van der Waals surface area (Å²) in [6.07, 6.45) is 0. The first kappa shape index (κ1) is 17.0. The summed E-state index contributed by atoms with van der Waals surface area (Å²) < 4.78 is 5.13. The third-order valence-corrected chi connectivity index (χ3v) is 4.40. The Morgan fingerprint density at radius 3 is 2.60 bits per heavy atom.